The zero-order valence-corrected chi connectivity index (χ0v) is 22.3. The minimum Gasteiger partial charge on any atom is -0.377 e. The number of carbonyl (C=O) groups is 1. The van der Waals surface area contributed by atoms with Crippen LogP contribution in [0.4, 0.5) is 5.69 Å². The Balaban J connectivity index is 1.63. The number of nitrogens with zero attached hydrogens (tertiary/aromatic N) is 3. The summed E-state index contributed by atoms with van der Waals surface area (Å²) in [5.74, 6) is -0.387. The minimum atomic E-state index is -4.28. The van der Waals surface area contributed by atoms with E-state index in [2.05, 4.69) is 0 Å². The Morgan fingerprint density at radius 1 is 1.14 bits per heavy atom. The average Bonchev–Trinajstić information content (AvgIpc) is 3.58. The molecule has 1 aromatic heterocycles. The van der Waals surface area contributed by atoms with E-state index >= 15 is 0 Å². The van der Waals surface area contributed by atoms with Crippen molar-refractivity contribution in [2.24, 2.45) is 0 Å². The second-order valence-corrected chi connectivity index (χ2v) is 12.0. The van der Waals surface area contributed by atoms with Crippen LogP contribution in [0.1, 0.15) is 23.3 Å². The average molecular weight is 564 g/mol. The second-order valence-electron chi connectivity index (χ2n) is 8.62. The molecule has 3 aromatic rings. The fraction of sp³-hybridized carbons (Fsp3) is 0.320. The molecule has 1 aliphatic rings. The predicted octanol–water partition coefficient (Wildman–Crippen LogP) is 4.71. The molecule has 0 saturated carbocycles. The molecule has 4 rings (SSSR count). The molecule has 0 N–H and O–H groups in total. The van der Waals surface area contributed by atoms with Gasteiger partial charge in [0.25, 0.3) is 5.69 Å². The van der Waals surface area contributed by atoms with E-state index in [0.29, 0.717) is 26.1 Å². The topological polar surface area (TPSA) is 110 Å². The highest BCUT2D eigenvalue weighted by atomic mass is 35.5. The fourth-order valence-corrected chi connectivity index (χ4v) is 6.43. The van der Waals surface area contributed by atoms with E-state index in [9.17, 15) is 23.3 Å². The summed E-state index contributed by atoms with van der Waals surface area (Å²) in [6.45, 7) is 0.667. The number of hydrogen-bond donors (Lipinski definition) is 0. The lowest BCUT2D eigenvalue weighted by atomic mass is 10.2. The summed E-state index contributed by atoms with van der Waals surface area (Å²) in [6.07, 6.45) is 1.08. The van der Waals surface area contributed by atoms with E-state index in [4.69, 9.17) is 16.3 Å². The van der Waals surface area contributed by atoms with Crippen molar-refractivity contribution in [2.45, 2.75) is 36.9 Å². The molecular weight excluding hydrogens is 538 g/mol. The molecule has 9 nitrogen and oxygen atoms in total. The highest BCUT2D eigenvalue weighted by Gasteiger charge is 2.33. The summed E-state index contributed by atoms with van der Waals surface area (Å²) in [7, 11) is -4.28. The van der Waals surface area contributed by atoms with Gasteiger partial charge in [0, 0.05) is 30.6 Å². The molecule has 2 heterocycles. The van der Waals surface area contributed by atoms with Crippen LogP contribution in [0.15, 0.2) is 70.9 Å². The van der Waals surface area contributed by atoms with Crippen LogP contribution >= 0.6 is 22.9 Å². The first-order chi connectivity index (χ1) is 17.7. The number of ether oxygens (including phenoxy) is 1. The number of amides is 1. The molecule has 1 unspecified atom stereocenters. The zero-order valence-electron chi connectivity index (χ0n) is 19.9. The Bertz CT molecular complexity index is 1330. The van der Waals surface area contributed by atoms with Crippen LogP contribution in [-0.2, 0) is 32.6 Å². The van der Waals surface area contributed by atoms with E-state index in [1.165, 1.54) is 23.5 Å². The Hall–Kier alpha value is -2.83. The number of hydrogen-bond acceptors (Lipinski definition) is 7. The molecule has 0 aliphatic carbocycles. The van der Waals surface area contributed by atoms with Gasteiger partial charge < -0.3 is 9.64 Å². The third kappa shape index (κ3) is 6.93. The van der Waals surface area contributed by atoms with E-state index in [1.54, 1.807) is 4.90 Å². The summed E-state index contributed by atoms with van der Waals surface area (Å²) in [4.78, 5) is 26.5. The van der Waals surface area contributed by atoms with Crippen LogP contribution in [-0.4, -0.2) is 54.3 Å². The first-order valence-electron chi connectivity index (χ1n) is 11.6. The summed E-state index contributed by atoms with van der Waals surface area (Å²) >= 11 is 7.41. The number of nitro groups is 1. The normalized spacial score (nSPS) is 15.7. The molecule has 0 spiro atoms. The highest BCUT2D eigenvalue weighted by Crippen LogP contribution is 2.29. The maximum absolute atomic E-state index is 13.7. The van der Waals surface area contributed by atoms with Gasteiger partial charge in [0.05, 0.1) is 29.0 Å². The Labute approximate surface area is 224 Å². The van der Waals surface area contributed by atoms with E-state index in [1.807, 2.05) is 47.8 Å². The fourth-order valence-electron chi connectivity index (χ4n) is 4.08. The number of halogens is 1. The Kier molecular flexibility index (Phi) is 8.93. The number of sulfonamides is 1. The lowest BCUT2D eigenvalue weighted by molar-refractivity contribution is -0.384. The number of rotatable bonds is 11. The summed E-state index contributed by atoms with van der Waals surface area (Å²) < 4.78 is 34.1. The molecule has 37 heavy (non-hydrogen) atoms. The molecular formula is C25H26ClN3O6S2. The molecule has 1 saturated heterocycles. The van der Waals surface area contributed by atoms with Gasteiger partial charge in [0.15, 0.2) is 0 Å². The first kappa shape index (κ1) is 27.2. The SMILES string of the molecule is O=C(CN(CC1CCCO1)S(=O)(=O)c1ccc(Cl)c([N+](=O)[O-])c1)N(Cc1ccccc1)Cc1cccs1. The summed E-state index contributed by atoms with van der Waals surface area (Å²) in [5, 5.41) is 13.1. The van der Waals surface area contributed by atoms with Crippen LogP contribution in [0, 0.1) is 10.1 Å². The molecule has 1 aliphatic heterocycles. The van der Waals surface area contributed by atoms with Crippen molar-refractivity contribution < 1.29 is 22.9 Å². The number of carbonyl (C=O) groups excluding carboxylic acids is 1. The molecule has 1 fully saturated rings. The number of benzene rings is 2. The maximum Gasteiger partial charge on any atom is 0.289 e. The van der Waals surface area contributed by atoms with Gasteiger partial charge in [-0.2, -0.15) is 4.31 Å². The highest BCUT2D eigenvalue weighted by molar-refractivity contribution is 7.89. The lowest BCUT2D eigenvalue weighted by Gasteiger charge is -2.28. The van der Waals surface area contributed by atoms with Gasteiger partial charge in [0.2, 0.25) is 15.9 Å². The van der Waals surface area contributed by atoms with Crippen LogP contribution in [0.5, 0.6) is 0 Å². The van der Waals surface area contributed by atoms with Gasteiger partial charge in [0.1, 0.15) is 5.02 Å². The Morgan fingerprint density at radius 2 is 1.92 bits per heavy atom. The van der Waals surface area contributed by atoms with Gasteiger partial charge in [-0.05, 0) is 42.0 Å². The zero-order chi connectivity index (χ0) is 26.4. The molecule has 2 aromatic carbocycles. The molecule has 0 radical (unpaired) electrons. The van der Waals surface area contributed by atoms with Crippen molar-refractivity contribution in [2.75, 3.05) is 19.7 Å². The number of nitro benzene ring substituents is 1. The minimum absolute atomic E-state index is 0.0390. The van der Waals surface area contributed by atoms with Crippen molar-refractivity contribution in [3.05, 3.63) is 91.6 Å². The van der Waals surface area contributed by atoms with Crippen molar-refractivity contribution in [1.82, 2.24) is 9.21 Å². The maximum atomic E-state index is 13.7. The molecule has 1 atom stereocenters. The van der Waals surface area contributed by atoms with Gasteiger partial charge >= 0.3 is 0 Å². The van der Waals surface area contributed by atoms with E-state index < -0.39 is 27.2 Å². The number of thiophene rings is 1. The first-order valence-corrected chi connectivity index (χ1v) is 14.3. The van der Waals surface area contributed by atoms with Crippen molar-refractivity contribution in [3.8, 4) is 0 Å². The van der Waals surface area contributed by atoms with Crippen molar-refractivity contribution >= 4 is 44.6 Å². The molecule has 1 amide bonds. The third-order valence-corrected chi connectivity index (χ3v) is 8.98. The predicted molar refractivity (Wildman–Crippen MR) is 141 cm³/mol. The summed E-state index contributed by atoms with van der Waals surface area (Å²) in [5.41, 5.74) is 0.392. The van der Waals surface area contributed by atoms with Gasteiger partial charge in [-0.3, -0.25) is 14.9 Å². The molecule has 12 heteroatoms. The van der Waals surface area contributed by atoms with Crippen LogP contribution in [0.2, 0.25) is 5.02 Å². The Morgan fingerprint density at radius 3 is 2.57 bits per heavy atom. The summed E-state index contributed by atoms with van der Waals surface area (Å²) in [6, 6.07) is 16.6. The lowest BCUT2D eigenvalue weighted by Crippen LogP contribution is -2.45. The van der Waals surface area contributed by atoms with Gasteiger partial charge in [-0.15, -0.1) is 11.3 Å². The van der Waals surface area contributed by atoms with Crippen LogP contribution in [0.25, 0.3) is 0 Å². The quantitative estimate of drug-likeness (QED) is 0.247. The van der Waals surface area contributed by atoms with Crippen molar-refractivity contribution in [3.63, 3.8) is 0 Å². The second kappa shape index (κ2) is 12.1. The smallest absolute Gasteiger partial charge is 0.289 e. The molecule has 196 valence electrons. The standard InChI is InChI=1S/C25H26ClN3O6S2/c26-23-11-10-22(14-24(23)29(31)32)37(33,34)28(16-20-8-4-12-35-20)18-25(30)27(17-21-9-5-13-36-21)15-19-6-2-1-3-7-19/h1-3,5-7,9-11,13-14,20H,4,8,12,15-18H2. The third-order valence-electron chi connectivity index (χ3n) is 5.99. The van der Waals surface area contributed by atoms with Crippen LogP contribution in [0.3, 0.4) is 0 Å². The monoisotopic (exact) mass is 563 g/mol. The van der Waals surface area contributed by atoms with Crippen molar-refractivity contribution in [1.29, 1.82) is 0 Å². The molecule has 0 bridgehead atoms. The van der Waals surface area contributed by atoms with Crippen LogP contribution < -0.4 is 0 Å². The largest absolute Gasteiger partial charge is 0.377 e. The van der Waals surface area contributed by atoms with E-state index in [0.717, 1.165) is 27.2 Å². The van der Waals surface area contributed by atoms with E-state index in [-0.39, 0.29) is 28.5 Å². The van der Waals surface area contributed by atoms with Gasteiger partial charge in [-0.25, -0.2) is 8.42 Å². The van der Waals surface area contributed by atoms with Gasteiger partial charge in [-0.1, -0.05) is 48.0 Å².